The molecule has 4 heteroatoms. The highest BCUT2D eigenvalue weighted by Crippen LogP contribution is 2.39. The first-order chi connectivity index (χ1) is 8.19. The van der Waals surface area contributed by atoms with Gasteiger partial charge in [-0.3, -0.25) is 0 Å². The minimum absolute atomic E-state index is 0.624. The molecule has 0 fully saturated rings. The Morgan fingerprint density at radius 2 is 2.00 bits per heavy atom. The van der Waals surface area contributed by atoms with Gasteiger partial charge in [0.1, 0.15) is 0 Å². The third-order valence-corrected chi connectivity index (χ3v) is 3.20. The summed E-state index contributed by atoms with van der Waals surface area (Å²) >= 11 is 6.35. The van der Waals surface area contributed by atoms with E-state index >= 15 is 0 Å². The van der Waals surface area contributed by atoms with Crippen LogP contribution in [0.3, 0.4) is 0 Å². The fraction of sp³-hybridized carbons (Fsp3) is 0.538. The number of halogens is 1. The maximum Gasteiger partial charge on any atom is 0.179 e. The second-order valence-corrected chi connectivity index (χ2v) is 4.15. The normalized spacial score (nSPS) is 10.4. The summed E-state index contributed by atoms with van der Waals surface area (Å²) in [6.07, 6.45) is 1.82. The first-order valence-corrected chi connectivity index (χ1v) is 6.14. The average molecular weight is 258 g/mol. The van der Waals surface area contributed by atoms with Crippen molar-refractivity contribution in [3.63, 3.8) is 0 Å². The van der Waals surface area contributed by atoms with Crippen molar-refractivity contribution in [1.29, 1.82) is 0 Å². The lowest BCUT2D eigenvalue weighted by molar-refractivity contribution is 0.354. The van der Waals surface area contributed by atoms with Crippen molar-refractivity contribution >= 4 is 11.6 Å². The highest BCUT2D eigenvalue weighted by molar-refractivity contribution is 6.33. The molecule has 0 radical (unpaired) electrons. The van der Waals surface area contributed by atoms with Gasteiger partial charge in [0, 0.05) is 0 Å². The quantitative estimate of drug-likeness (QED) is 0.850. The van der Waals surface area contributed by atoms with Gasteiger partial charge in [-0.25, -0.2) is 0 Å². The van der Waals surface area contributed by atoms with Crippen molar-refractivity contribution in [2.75, 3.05) is 27.8 Å². The Labute approximate surface area is 108 Å². The zero-order chi connectivity index (χ0) is 12.8. The summed E-state index contributed by atoms with van der Waals surface area (Å²) in [5, 5.41) is 3.80. The predicted molar refractivity (Wildman–Crippen MR) is 71.6 cm³/mol. The number of nitrogens with one attached hydrogen (secondary N) is 1. The number of likely N-dealkylation sites (N-methyl/N-ethyl adjacent to an activating group) is 1. The van der Waals surface area contributed by atoms with E-state index in [1.807, 2.05) is 13.1 Å². The van der Waals surface area contributed by atoms with Gasteiger partial charge >= 0.3 is 0 Å². The lowest BCUT2D eigenvalue weighted by Gasteiger charge is -2.16. The monoisotopic (exact) mass is 257 g/mol. The molecule has 1 N–H and O–H groups in total. The molecule has 0 spiro atoms. The second kappa shape index (κ2) is 6.72. The molecule has 0 aromatic heterocycles. The Bertz CT molecular complexity index is 380. The van der Waals surface area contributed by atoms with E-state index < -0.39 is 0 Å². The van der Waals surface area contributed by atoms with Gasteiger partial charge in [-0.2, -0.15) is 0 Å². The molecule has 0 amide bonds. The van der Waals surface area contributed by atoms with E-state index in [0.717, 1.165) is 24.9 Å². The Kier molecular flexibility index (Phi) is 5.59. The van der Waals surface area contributed by atoms with Gasteiger partial charge in [0.25, 0.3) is 0 Å². The van der Waals surface area contributed by atoms with Crippen LogP contribution in [-0.4, -0.2) is 27.8 Å². The van der Waals surface area contributed by atoms with Gasteiger partial charge < -0.3 is 14.8 Å². The number of benzene rings is 1. The minimum Gasteiger partial charge on any atom is -0.493 e. The van der Waals surface area contributed by atoms with Crippen LogP contribution < -0.4 is 14.8 Å². The molecule has 0 saturated carbocycles. The SMILES string of the molecule is CCc1c(CCNC)cc(OC)c(OC)c1Cl. The number of hydrogen-bond acceptors (Lipinski definition) is 3. The molecule has 0 bridgehead atoms. The van der Waals surface area contributed by atoms with Gasteiger partial charge in [0.2, 0.25) is 0 Å². The summed E-state index contributed by atoms with van der Waals surface area (Å²) in [5.41, 5.74) is 2.35. The number of methoxy groups -OCH3 is 2. The van der Waals surface area contributed by atoms with E-state index in [1.165, 1.54) is 5.56 Å². The highest BCUT2D eigenvalue weighted by atomic mass is 35.5. The van der Waals surface area contributed by atoms with E-state index in [2.05, 4.69) is 12.2 Å². The van der Waals surface area contributed by atoms with Crippen molar-refractivity contribution in [2.24, 2.45) is 0 Å². The summed E-state index contributed by atoms with van der Waals surface area (Å²) in [6, 6.07) is 2.01. The van der Waals surface area contributed by atoms with E-state index in [-0.39, 0.29) is 0 Å². The maximum atomic E-state index is 6.35. The van der Waals surface area contributed by atoms with Crippen molar-refractivity contribution in [2.45, 2.75) is 19.8 Å². The Morgan fingerprint density at radius 3 is 2.47 bits per heavy atom. The Hall–Kier alpha value is -0.930. The summed E-state index contributed by atoms with van der Waals surface area (Å²) in [7, 11) is 5.17. The zero-order valence-corrected chi connectivity index (χ0v) is 11.6. The molecule has 1 rings (SSSR count). The topological polar surface area (TPSA) is 30.5 Å². The molecule has 1 aromatic rings. The molecular formula is C13H20ClNO2. The largest absolute Gasteiger partial charge is 0.493 e. The fourth-order valence-electron chi connectivity index (χ4n) is 1.90. The summed E-state index contributed by atoms with van der Waals surface area (Å²) in [4.78, 5) is 0. The maximum absolute atomic E-state index is 6.35. The molecule has 3 nitrogen and oxygen atoms in total. The lowest BCUT2D eigenvalue weighted by Crippen LogP contribution is -2.12. The number of rotatable bonds is 6. The van der Waals surface area contributed by atoms with Crippen LogP contribution in [0.4, 0.5) is 0 Å². The molecule has 0 aliphatic heterocycles. The van der Waals surface area contributed by atoms with E-state index in [0.29, 0.717) is 16.5 Å². The molecule has 96 valence electrons. The molecular weight excluding hydrogens is 238 g/mol. The number of ether oxygens (including phenoxy) is 2. The van der Waals surface area contributed by atoms with Gasteiger partial charge in [-0.1, -0.05) is 18.5 Å². The average Bonchev–Trinajstić information content (AvgIpc) is 2.35. The molecule has 0 aliphatic rings. The standard InChI is InChI=1S/C13H20ClNO2/c1-5-10-9(6-7-15-2)8-11(16-3)13(17-4)12(10)14/h8,15H,5-7H2,1-4H3. The van der Waals surface area contributed by atoms with E-state index in [4.69, 9.17) is 21.1 Å². The van der Waals surface area contributed by atoms with Crippen LogP contribution in [0, 0.1) is 0 Å². The van der Waals surface area contributed by atoms with Crippen LogP contribution in [0.15, 0.2) is 6.07 Å². The Balaban J connectivity index is 3.24. The van der Waals surface area contributed by atoms with Crippen molar-refractivity contribution in [3.8, 4) is 11.5 Å². The first-order valence-electron chi connectivity index (χ1n) is 5.76. The molecule has 0 unspecified atom stereocenters. The smallest absolute Gasteiger partial charge is 0.179 e. The minimum atomic E-state index is 0.624. The van der Waals surface area contributed by atoms with Gasteiger partial charge in [0.15, 0.2) is 11.5 Å². The lowest BCUT2D eigenvalue weighted by atomic mass is 10.0. The second-order valence-electron chi connectivity index (χ2n) is 3.77. The van der Waals surface area contributed by atoms with Gasteiger partial charge in [0.05, 0.1) is 19.2 Å². The summed E-state index contributed by atoms with van der Waals surface area (Å²) in [5.74, 6) is 1.32. The van der Waals surface area contributed by atoms with Gasteiger partial charge in [-0.05, 0) is 43.6 Å². The zero-order valence-electron chi connectivity index (χ0n) is 10.9. The summed E-state index contributed by atoms with van der Waals surface area (Å²) in [6.45, 7) is 3.01. The van der Waals surface area contributed by atoms with Crippen LogP contribution in [0.5, 0.6) is 11.5 Å². The molecule has 17 heavy (non-hydrogen) atoms. The third kappa shape index (κ3) is 3.05. The van der Waals surface area contributed by atoms with Crippen LogP contribution in [-0.2, 0) is 12.8 Å². The van der Waals surface area contributed by atoms with Crippen LogP contribution in [0.2, 0.25) is 5.02 Å². The van der Waals surface area contributed by atoms with Crippen molar-refractivity contribution in [3.05, 3.63) is 22.2 Å². The molecule has 0 atom stereocenters. The van der Waals surface area contributed by atoms with Crippen LogP contribution in [0.1, 0.15) is 18.1 Å². The summed E-state index contributed by atoms with van der Waals surface area (Å²) < 4.78 is 10.6. The predicted octanol–water partition coefficient (Wildman–Crippen LogP) is 2.68. The molecule has 0 saturated heterocycles. The highest BCUT2D eigenvalue weighted by Gasteiger charge is 2.16. The molecule has 1 aromatic carbocycles. The van der Waals surface area contributed by atoms with Crippen LogP contribution >= 0.6 is 11.6 Å². The van der Waals surface area contributed by atoms with Gasteiger partial charge in [-0.15, -0.1) is 0 Å². The third-order valence-electron chi connectivity index (χ3n) is 2.80. The molecule has 0 aliphatic carbocycles. The first kappa shape index (κ1) is 14.1. The number of hydrogen-bond donors (Lipinski definition) is 1. The fourth-order valence-corrected chi connectivity index (χ4v) is 2.33. The van der Waals surface area contributed by atoms with Crippen LogP contribution in [0.25, 0.3) is 0 Å². The van der Waals surface area contributed by atoms with E-state index in [9.17, 15) is 0 Å². The van der Waals surface area contributed by atoms with Crippen molar-refractivity contribution < 1.29 is 9.47 Å². The molecule has 0 heterocycles. The Morgan fingerprint density at radius 1 is 1.29 bits per heavy atom. The van der Waals surface area contributed by atoms with E-state index in [1.54, 1.807) is 14.2 Å². The van der Waals surface area contributed by atoms with Crippen molar-refractivity contribution in [1.82, 2.24) is 5.32 Å².